The molecule has 2 atom stereocenters. The molecule has 2 aromatic rings. The zero-order valence-electron chi connectivity index (χ0n) is 20.9. The molecule has 0 bridgehead atoms. The summed E-state index contributed by atoms with van der Waals surface area (Å²) in [6, 6.07) is 13.5. The Morgan fingerprint density at radius 2 is 1.66 bits per heavy atom. The lowest BCUT2D eigenvalue weighted by Crippen LogP contribution is -2.56. The molecule has 2 N–H and O–H groups in total. The molecule has 10 heteroatoms. The number of rotatable bonds is 11. The maximum atomic E-state index is 13.2. The first kappa shape index (κ1) is 26.7. The Morgan fingerprint density at radius 1 is 1.00 bits per heavy atom. The Bertz CT molecular complexity index is 958. The smallest absolute Gasteiger partial charge is 0.481 e. The molecule has 1 unspecified atom stereocenters. The second kappa shape index (κ2) is 11.7. The van der Waals surface area contributed by atoms with E-state index in [1.165, 1.54) is 13.3 Å². The van der Waals surface area contributed by atoms with Crippen LogP contribution in [0.25, 0.3) is 0 Å². The summed E-state index contributed by atoms with van der Waals surface area (Å²) in [5, 5.41) is 5.67. The Labute approximate surface area is 207 Å². The van der Waals surface area contributed by atoms with Crippen molar-refractivity contribution in [3.8, 4) is 5.75 Å². The predicted octanol–water partition coefficient (Wildman–Crippen LogP) is 2.41. The lowest BCUT2D eigenvalue weighted by Gasteiger charge is -2.32. The highest BCUT2D eigenvalue weighted by atomic mass is 16.7. The maximum absolute atomic E-state index is 13.2. The maximum Gasteiger partial charge on any atom is 0.481 e. The van der Waals surface area contributed by atoms with E-state index < -0.39 is 42.1 Å². The molecule has 2 heterocycles. The lowest BCUT2D eigenvalue weighted by atomic mass is 9.76. The van der Waals surface area contributed by atoms with Crippen LogP contribution in [0.3, 0.4) is 0 Å². The summed E-state index contributed by atoms with van der Waals surface area (Å²) in [6.07, 6.45) is 1.94. The van der Waals surface area contributed by atoms with Gasteiger partial charge in [-0.3, -0.25) is 14.6 Å². The standard InChI is InChI=1S/C25H34BN3O6/c1-24(2)25(3,4)35-26(34-24)21(14-16-33-18-11-7-6-8-12-18)29-23(31)20(17-32-5)28-22(30)19-13-9-10-15-27-19/h6-13,15,20-21H,14,16-17H2,1-5H3,(H,28,30)(H,29,31)/t20?,21-/m0/s1. The molecule has 35 heavy (non-hydrogen) atoms. The molecule has 2 amide bonds. The van der Waals surface area contributed by atoms with Gasteiger partial charge in [0.25, 0.3) is 5.91 Å². The first-order chi connectivity index (χ1) is 16.6. The summed E-state index contributed by atoms with van der Waals surface area (Å²) in [4.78, 5) is 29.9. The average Bonchev–Trinajstić information content (AvgIpc) is 3.05. The van der Waals surface area contributed by atoms with Crippen LogP contribution in [-0.2, 0) is 18.8 Å². The summed E-state index contributed by atoms with van der Waals surface area (Å²) in [5.74, 6) is -0.692. The molecule has 1 saturated heterocycles. The number of pyridine rings is 1. The van der Waals surface area contributed by atoms with Crippen molar-refractivity contribution < 1.29 is 28.4 Å². The number of nitrogens with one attached hydrogen (secondary N) is 2. The number of amides is 2. The molecule has 3 rings (SSSR count). The molecule has 1 fully saturated rings. The van der Waals surface area contributed by atoms with Crippen molar-refractivity contribution in [2.45, 2.75) is 57.3 Å². The van der Waals surface area contributed by atoms with Gasteiger partial charge in [0, 0.05) is 19.7 Å². The first-order valence-corrected chi connectivity index (χ1v) is 11.7. The van der Waals surface area contributed by atoms with Crippen LogP contribution in [-0.4, -0.2) is 67.4 Å². The van der Waals surface area contributed by atoms with E-state index in [1.807, 2.05) is 58.0 Å². The van der Waals surface area contributed by atoms with E-state index in [1.54, 1.807) is 18.2 Å². The number of carbonyl (C=O) groups excluding carboxylic acids is 2. The fourth-order valence-corrected chi connectivity index (χ4v) is 3.51. The fraction of sp³-hybridized carbons (Fsp3) is 0.480. The molecule has 1 aromatic carbocycles. The third-order valence-corrected chi connectivity index (χ3v) is 6.22. The van der Waals surface area contributed by atoms with Crippen LogP contribution in [0.4, 0.5) is 0 Å². The van der Waals surface area contributed by atoms with Crippen molar-refractivity contribution in [2.24, 2.45) is 0 Å². The van der Waals surface area contributed by atoms with Crippen LogP contribution in [0.1, 0.15) is 44.6 Å². The third-order valence-electron chi connectivity index (χ3n) is 6.22. The van der Waals surface area contributed by atoms with Gasteiger partial charge in [-0.2, -0.15) is 0 Å². The zero-order chi connectivity index (χ0) is 25.5. The van der Waals surface area contributed by atoms with E-state index in [4.69, 9.17) is 18.8 Å². The number of para-hydroxylation sites is 1. The average molecular weight is 483 g/mol. The van der Waals surface area contributed by atoms with Gasteiger partial charge in [-0.25, -0.2) is 0 Å². The van der Waals surface area contributed by atoms with E-state index >= 15 is 0 Å². The van der Waals surface area contributed by atoms with E-state index in [0.29, 0.717) is 13.0 Å². The van der Waals surface area contributed by atoms with Gasteiger partial charge in [0.05, 0.1) is 30.4 Å². The highest BCUT2D eigenvalue weighted by Gasteiger charge is 2.54. The summed E-state index contributed by atoms with van der Waals surface area (Å²) in [7, 11) is 0.769. The predicted molar refractivity (Wildman–Crippen MR) is 132 cm³/mol. The molecule has 1 aromatic heterocycles. The summed E-state index contributed by atoms with van der Waals surface area (Å²) in [6.45, 7) is 8.12. The van der Waals surface area contributed by atoms with Gasteiger partial charge in [-0.15, -0.1) is 0 Å². The number of aromatic nitrogens is 1. The summed E-state index contributed by atoms with van der Waals surface area (Å²) < 4.78 is 23.4. The Balaban J connectivity index is 1.71. The minimum absolute atomic E-state index is 0.0129. The Kier molecular flexibility index (Phi) is 8.88. The molecule has 1 aliphatic rings. The molecule has 0 saturated carbocycles. The minimum Gasteiger partial charge on any atom is -0.494 e. The Morgan fingerprint density at radius 3 is 2.26 bits per heavy atom. The molecule has 0 spiro atoms. The van der Waals surface area contributed by atoms with Crippen LogP contribution in [0.2, 0.25) is 0 Å². The number of hydrogen-bond donors (Lipinski definition) is 2. The summed E-state index contributed by atoms with van der Waals surface area (Å²) >= 11 is 0. The molecule has 188 valence electrons. The van der Waals surface area contributed by atoms with Crippen LogP contribution >= 0.6 is 0 Å². The molecular weight excluding hydrogens is 449 g/mol. The highest BCUT2D eigenvalue weighted by molar-refractivity contribution is 6.48. The van der Waals surface area contributed by atoms with Gasteiger partial charge in [-0.05, 0) is 52.0 Å². The fourth-order valence-electron chi connectivity index (χ4n) is 3.51. The van der Waals surface area contributed by atoms with Gasteiger partial charge in [0.1, 0.15) is 17.5 Å². The molecule has 1 aliphatic heterocycles. The number of hydrogen-bond acceptors (Lipinski definition) is 7. The monoisotopic (exact) mass is 483 g/mol. The van der Waals surface area contributed by atoms with Gasteiger partial charge < -0.3 is 29.4 Å². The number of methoxy groups -OCH3 is 1. The van der Waals surface area contributed by atoms with Crippen molar-refractivity contribution in [3.63, 3.8) is 0 Å². The number of carbonyl (C=O) groups is 2. The van der Waals surface area contributed by atoms with Gasteiger partial charge in [0.2, 0.25) is 5.91 Å². The summed E-state index contributed by atoms with van der Waals surface area (Å²) in [5.41, 5.74) is -0.930. The van der Waals surface area contributed by atoms with E-state index in [2.05, 4.69) is 15.6 Å². The second-order valence-electron chi connectivity index (χ2n) is 9.39. The lowest BCUT2D eigenvalue weighted by molar-refractivity contribution is -0.124. The zero-order valence-corrected chi connectivity index (χ0v) is 20.9. The molecule has 0 radical (unpaired) electrons. The quantitative estimate of drug-likeness (QED) is 0.473. The number of benzene rings is 1. The van der Waals surface area contributed by atoms with E-state index in [0.717, 1.165) is 5.75 Å². The SMILES string of the molecule is COCC(NC(=O)c1ccccn1)C(=O)N[C@@H](CCOc1ccccc1)B1OC(C)(C)C(C)(C)O1. The van der Waals surface area contributed by atoms with Crippen molar-refractivity contribution >= 4 is 18.9 Å². The van der Waals surface area contributed by atoms with Crippen molar-refractivity contribution in [1.82, 2.24) is 15.6 Å². The second-order valence-corrected chi connectivity index (χ2v) is 9.39. The van der Waals surface area contributed by atoms with Gasteiger partial charge in [-0.1, -0.05) is 24.3 Å². The Hall–Kier alpha value is -2.95. The van der Waals surface area contributed by atoms with Crippen molar-refractivity contribution in [3.05, 3.63) is 60.4 Å². The van der Waals surface area contributed by atoms with Gasteiger partial charge >= 0.3 is 7.12 Å². The van der Waals surface area contributed by atoms with E-state index in [9.17, 15) is 9.59 Å². The van der Waals surface area contributed by atoms with Crippen LogP contribution in [0, 0.1) is 0 Å². The molecule has 0 aliphatic carbocycles. The van der Waals surface area contributed by atoms with Crippen LogP contribution in [0.15, 0.2) is 54.7 Å². The van der Waals surface area contributed by atoms with Crippen molar-refractivity contribution in [1.29, 1.82) is 0 Å². The van der Waals surface area contributed by atoms with Crippen LogP contribution < -0.4 is 15.4 Å². The normalized spacial score (nSPS) is 17.9. The third kappa shape index (κ3) is 7.03. The largest absolute Gasteiger partial charge is 0.494 e. The van der Waals surface area contributed by atoms with E-state index in [-0.39, 0.29) is 12.3 Å². The van der Waals surface area contributed by atoms with Gasteiger partial charge in [0.15, 0.2) is 0 Å². The van der Waals surface area contributed by atoms with Crippen molar-refractivity contribution in [2.75, 3.05) is 20.3 Å². The highest BCUT2D eigenvalue weighted by Crippen LogP contribution is 2.37. The van der Waals surface area contributed by atoms with Crippen LogP contribution in [0.5, 0.6) is 5.75 Å². The number of ether oxygens (including phenoxy) is 2. The first-order valence-electron chi connectivity index (χ1n) is 11.7. The minimum atomic E-state index is -0.936. The molecule has 9 nitrogen and oxygen atoms in total. The number of nitrogens with zero attached hydrogens (tertiary/aromatic N) is 1. The topological polar surface area (TPSA) is 108 Å². The molecular formula is C25H34BN3O6.